The zero-order valence-electron chi connectivity index (χ0n) is 17.3. The average Bonchev–Trinajstić information content (AvgIpc) is 2.73. The highest BCUT2D eigenvalue weighted by molar-refractivity contribution is 6.02. The molecule has 184 valence electrons. The number of benzene rings is 3. The number of carbonyl (C=O) groups is 2. The molecule has 0 aliphatic carbocycles. The van der Waals surface area contributed by atoms with Gasteiger partial charge in [0.15, 0.2) is 0 Å². The van der Waals surface area contributed by atoms with E-state index in [4.69, 9.17) is 0 Å². The Hall–Kier alpha value is -4.29. The zero-order chi connectivity index (χ0) is 25.8. The van der Waals surface area contributed by atoms with Gasteiger partial charge >= 0.3 is 24.4 Å². The summed E-state index contributed by atoms with van der Waals surface area (Å²) in [7, 11) is 0. The Balaban J connectivity index is 1.73. The summed E-state index contributed by atoms with van der Waals surface area (Å²) < 4.78 is 92.2. The van der Waals surface area contributed by atoms with E-state index in [1.54, 1.807) is 0 Å². The van der Waals surface area contributed by atoms with Crippen LogP contribution in [0.3, 0.4) is 0 Å². The molecule has 4 N–H and O–H groups in total. The molecule has 3 rings (SSSR count). The van der Waals surface area contributed by atoms with E-state index in [-0.39, 0.29) is 17.1 Å². The van der Waals surface area contributed by atoms with Gasteiger partial charge in [0.2, 0.25) is 0 Å². The second kappa shape index (κ2) is 9.91. The van der Waals surface area contributed by atoms with Gasteiger partial charge in [0.05, 0.1) is 16.8 Å². The first-order chi connectivity index (χ1) is 16.3. The minimum Gasteiger partial charge on any atom is -0.308 e. The van der Waals surface area contributed by atoms with Crippen LogP contribution in [0, 0.1) is 5.82 Å². The molecule has 0 bridgehead atoms. The van der Waals surface area contributed by atoms with Gasteiger partial charge in [-0.25, -0.2) is 14.0 Å². The standard InChI is InChI=1S/C22H15F7N4O2/c23-13-4-2-6-15(10-13)31-20(35)33-18-8-7-16(11-17(18)22(27,28)29)32-19(34)30-14-5-1-3-12(9-14)21(24,25)26/h1-11H,(H2,30,32,34)(H2,31,33,35). The van der Waals surface area contributed by atoms with Crippen LogP contribution < -0.4 is 21.3 Å². The second-order valence-electron chi connectivity index (χ2n) is 7.01. The van der Waals surface area contributed by atoms with E-state index in [0.29, 0.717) is 12.1 Å². The lowest BCUT2D eigenvalue weighted by Gasteiger charge is -2.16. The molecule has 0 aliphatic rings. The van der Waals surface area contributed by atoms with Gasteiger partial charge in [0.1, 0.15) is 5.82 Å². The van der Waals surface area contributed by atoms with Gasteiger partial charge in [-0.2, -0.15) is 26.3 Å². The normalized spacial score (nSPS) is 11.5. The number of carbonyl (C=O) groups excluding carboxylic acids is 2. The SMILES string of the molecule is O=C(Nc1cccc(C(F)(F)F)c1)Nc1ccc(NC(=O)Nc2cccc(F)c2)c(C(F)(F)F)c1. The Labute approximate surface area is 193 Å². The smallest absolute Gasteiger partial charge is 0.308 e. The van der Waals surface area contributed by atoms with Crippen molar-refractivity contribution in [2.45, 2.75) is 12.4 Å². The molecular weight excluding hydrogens is 485 g/mol. The molecule has 0 saturated carbocycles. The molecule has 6 nitrogen and oxygen atoms in total. The van der Waals surface area contributed by atoms with Crippen molar-refractivity contribution in [2.75, 3.05) is 21.3 Å². The predicted octanol–water partition coefficient (Wildman–Crippen LogP) is 7.15. The molecule has 3 aromatic rings. The van der Waals surface area contributed by atoms with Gasteiger partial charge < -0.3 is 21.3 Å². The van der Waals surface area contributed by atoms with Crippen LogP contribution in [0.1, 0.15) is 11.1 Å². The zero-order valence-corrected chi connectivity index (χ0v) is 17.3. The maximum atomic E-state index is 13.5. The number of anilines is 4. The van der Waals surface area contributed by atoms with Crippen molar-refractivity contribution in [3.05, 3.63) is 83.7 Å². The number of amides is 4. The second-order valence-corrected chi connectivity index (χ2v) is 7.01. The largest absolute Gasteiger partial charge is 0.418 e. The fourth-order valence-electron chi connectivity index (χ4n) is 2.88. The molecule has 3 aromatic carbocycles. The molecule has 0 spiro atoms. The van der Waals surface area contributed by atoms with Crippen LogP contribution in [0.25, 0.3) is 0 Å². The third-order valence-electron chi connectivity index (χ3n) is 4.36. The molecule has 0 aliphatic heterocycles. The average molecular weight is 500 g/mol. The summed E-state index contributed by atoms with van der Waals surface area (Å²) in [5.74, 6) is -0.669. The minimum atomic E-state index is -4.95. The topological polar surface area (TPSA) is 82.3 Å². The van der Waals surface area contributed by atoms with Gasteiger partial charge in [0, 0.05) is 17.1 Å². The van der Waals surface area contributed by atoms with Gasteiger partial charge in [-0.05, 0) is 54.6 Å². The molecule has 35 heavy (non-hydrogen) atoms. The number of hydrogen-bond acceptors (Lipinski definition) is 2. The van der Waals surface area contributed by atoms with Crippen molar-refractivity contribution in [1.82, 2.24) is 0 Å². The van der Waals surface area contributed by atoms with E-state index in [0.717, 1.165) is 36.4 Å². The lowest BCUT2D eigenvalue weighted by molar-refractivity contribution is -0.138. The summed E-state index contributed by atoms with van der Waals surface area (Å²) in [5, 5.41) is 8.36. The van der Waals surface area contributed by atoms with Crippen LogP contribution in [0.4, 0.5) is 63.1 Å². The molecule has 4 amide bonds. The highest BCUT2D eigenvalue weighted by atomic mass is 19.4. The molecule has 13 heteroatoms. The number of alkyl halides is 6. The first-order valence-electron chi connectivity index (χ1n) is 9.61. The third-order valence-corrected chi connectivity index (χ3v) is 4.36. The maximum Gasteiger partial charge on any atom is 0.418 e. The fourth-order valence-corrected chi connectivity index (χ4v) is 2.88. The highest BCUT2D eigenvalue weighted by Crippen LogP contribution is 2.37. The first kappa shape index (κ1) is 25.3. The number of nitrogens with one attached hydrogen (secondary N) is 4. The molecule has 0 fully saturated rings. The van der Waals surface area contributed by atoms with E-state index in [2.05, 4.69) is 16.0 Å². The van der Waals surface area contributed by atoms with Crippen LogP contribution in [-0.2, 0) is 12.4 Å². The summed E-state index contributed by atoms with van der Waals surface area (Å²) in [4.78, 5) is 24.2. The number of halogens is 7. The lowest BCUT2D eigenvalue weighted by atomic mass is 10.1. The molecule has 0 heterocycles. The molecule has 0 radical (unpaired) electrons. The Kier molecular flexibility index (Phi) is 7.17. The Bertz CT molecular complexity index is 1240. The van der Waals surface area contributed by atoms with E-state index in [1.807, 2.05) is 5.32 Å². The number of urea groups is 2. The number of rotatable bonds is 4. The monoisotopic (exact) mass is 500 g/mol. The molecule has 0 saturated heterocycles. The van der Waals surface area contributed by atoms with Crippen LogP contribution in [0.2, 0.25) is 0 Å². The molecule has 0 unspecified atom stereocenters. The quantitative estimate of drug-likeness (QED) is 0.287. The summed E-state index contributed by atoms with van der Waals surface area (Å²) >= 11 is 0. The lowest BCUT2D eigenvalue weighted by Crippen LogP contribution is -2.23. The van der Waals surface area contributed by atoms with Crippen LogP contribution in [-0.4, -0.2) is 12.1 Å². The molecular formula is C22H15F7N4O2. The molecule has 0 atom stereocenters. The van der Waals surface area contributed by atoms with Gasteiger partial charge in [0.25, 0.3) is 0 Å². The van der Waals surface area contributed by atoms with E-state index in [9.17, 15) is 40.3 Å². The summed E-state index contributed by atoms with van der Waals surface area (Å²) in [5.41, 5.74) is -3.58. The van der Waals surface area contributed by atoms with Crippen LogP contribution in [0.15, 0.2) is 66.7 Å². The van der Waals surface area contributed by atoms with Crippen LogP contribution >= 0.6 is 0 Å². The first-order valence-corrected chi connectivity index (χ1v) is 9.61. The Morgan fingerprint density at radius 2 is 1.14 bits per heavy atom. The van der Waals surface area contributed by atoms with Crippen molar-refractivity contribution >= 4 is 34.8 Å². The van der Waals surface area contributed by atoms with E-state index in [1.165, 1.54) is 18.2 Å². The summed E-state index contributed by atoms with van der Waals surface area (Å²) in [6, 6.07) is 8.61. The summed E-state index contributed by atoms with van der Waals surface area (Å²) in [6.45, 7) is 0. The summed E-state index contributed by atoms with van der Waals surface area (Å²) in [6.07, 6.45) is -9.60. The van der Waals surface area contributed by atoms with Gasteiger partial charge in [-0.15, -0.1) is 0 Å². The number of hydrogen-bond donors (Lipinski definition) is 4. The van der Waals surface area contributed by atoms with Crippen molar-refractivity contribution < 1.29 is 40.3 Å². The fraction of sp³-hybridized carbons (Fsp3) is 0.0909. The predicted molar refractivity (Wildman–Crippen MR) is 115 cm³/mol. The van der Waals surface area contributed by atoms with E-state index < -0.39 is 47.0 Å². The van der Waals surface area contributed by atoms with Crippen molar-refractivity contribution in [3.8, 4) is 0 Å². The van der Waals surface area contributed by atoms with E-state index >= 15 is 0 Å². The van der Waals surface area contributed by atoms with Gasteiger partial charge in [-0.3, -0.25) is 0 Å². The Morgan fingerprint density at radius 3 is 1.71 bits per heavy atom. The molecule has 0 aromatic heterocycles. The third kappa shape index (κ3) is 7.09. The van der Waals surface area contributed by atoms with Crippen molar-refractivity contribution in [1.29, 1.82) is 0 Å². The van der Waals surface area contributed by atoms with Crippen LogP contribution in [0.5, 0.6) is 0 Å². The van der Waals surface area contributed by atoms with Crippen molar-refractivity contribution in [3.63, 3.8) is 0 Å². The maximum absolute atomic E-state index is 13.5. The van der Waals surface area contributed by atoms with Crippen molar-refractivity contribution in [2.24, 2.45) is 0 Å². The van der Waals surface area contributed by atoms with Gasteiger partial charge in [-0.1, -0.05) is 12.1 Å². The highest BCUT2D eigenvalue weighted by Gasteiger charge is 2.34. The minimum absolute atomic E-state index is 0.000564. The Morgan fingerprint density at radius 1 is 0.600 bits per heavy atom.